The number of pyridine rings is 1. The van der Waals surface area contributed by atoms with Gasteiger partial charge in [0.15, 0.2) is 0 Å². The van der Waals surface area contributed by atoms with Crippen LogP contribution in [0, 0.1) is 0 Å². The van der Waals surface area contributed by atoms with Gasteiger partial charge >= 0.3 is 5.97 Å². The normalized spacial score (nSPS) is 15.9. The zero-order valence-corrected chi connectivity index (χ0v) is 14.0. The highest BCUT2D eigenvalue weighted by atomic mass is 16.5. The van der Waals surface area contributed by atoms with Crippen molar-refractivity contribution >= 4 is 17.7 Å². The van der Waals surface area contributed by atoms with Crippen molar-refractivity contribution < 1.29 is 14.3 Å². The molecule has 2 aromatic heterocycles. The molecule has 0 spiro atoms. The summed E-state index contributed by atoms with van der Waals surface area (Å²) < 4.78 is 6.43. The molecule has 0 fully saturated rings. The second-order valence-electron chi connectivity index (χ2n) is 5.94. The molecule has 1 amide bonds. The second-order valence-corrected chi connectivity index (χ2v) is 5.94. The lowest BCUT2D eigenvalue weighted by molar-refractivity contribution is -0.116. The van der Waals surface area contributed by atoms with Crippen molar-refractivity contribution in [1.29, 1.82) is 0 Å². The Morgan fingerprint density at radius 2 is 2.00 bits per heavy atom. The highest BCUT2D eigenvalue weighted by molar-refractivity contribution is 5.94. The van der Waals surface area contributed by atoms with Crippen LogP contribution in [0.4, 0.5) is 5.82 Å². The fourth-order valence-corrected chi connectivity index (χ4v) is 3.11. The van der Waals surface area contributed by atoms with Crippen LogP contribution in [0.2, 0.25) is 0 Å². The highest BCUT2D eigenvalue weighted by Gasteiger charge is 2.31. The van der Waals surface area contributed by atoms with Gasteiger partial charge in [-0.3, -0.25) is 4.79 Å². The number of nitrogens with zero attached hydrogens (tertiary/aromatic N) is 3. The number of esters is 1. The van der Waals surface area contributed by atoms with Gasteiger partial charge < -0.3 is 10.1 Å². The molecule has 0 unspecified atom stereocenters. The van der Waals surface area contributed by atoms with Crippen LogP contribution < -0.4 is 5.32 Å². The van der Waals surface area contributed by atoms with Crippen LogP contribution >= 0.6 is 0 Å². The number of carbonyl (C=O) groups is 2. The van der Waals surface area contributed by atoms with Gasteiger partial charge in [-0.05, 0) is 24.3 Å². The van der Waals surface area contributed by atoms with E-state index < -0.39 is 5.97 Å². The first-order valence-electron chi connectivity index (χ1n) is 8.16. The molecule has 0 saturated heterocycles. The molecule has 1 aliphatic heterocycles. The number of anilines is 1. The van der Waals surface area contributed by atoms with Gasteiger partial charge in [0, 0.05) is 23.6 Å². The predicted octanol–water partition coefficient (Wildman–Crippen LogP) is 2.53. The molecule has 3 aromatic rings. The van der Waals surface area contributed by atoms with Crippen LogP contribution in [-0.2, 0) is 9.53 Å². The van der Waals surface area contributed by atoms with E-state index in [0.29, 0.717) is 11.5 Å². The predicted molar refractivity (Wildman–Crippen MR) is 94.2 cm³/mol. The van der Waals surface area contributed by atoms with E-state index in [1.807, 2.05) is 30.3 Å². The number of aromatic nitrogens is 3. The summed E-state index contributed by atoms with van der Waals surface area (Å²) in [5.41, 5.74) is 2.57. The molecule has 4 rings (SSSR count). The average Bonchev–Trinajstić information content (AvgIpc) is 3.11. The van der Waals surface area contributed by atoms with E-state index in [1.165, 1.54) is 7.11 Å². The Labute approximate surface area is 149 Å². The number of carbonyl (C=O) groups excluding carboxylic acids is 2. The molecule has 1 aliphatic rings. The lowest BCUT2D eigenvalue weighted by Gasteiger charge is -2.23. The van der Waals surface area contributed by atoms with Gasteiger partial charge in [-0.25, -0.2) is 14.5 Å². The number of fused-ring (bicyclic) bond motifs is 1. The summed E-state index contributed by atoms with van der Waals surface area (Å²) in [5, 5.41) is 7.33. The van der Waals surface area contributed by atoms with E-state index in [1.54, 1.807) is 29.1 Å². The maximum Gasteiger partial charge on any atom is 0.356 e. The lowest BCUT2D eigenvalue weighted by atomic mass is 9.90. The zero-order chi connectivity index (χ0) is 18.1. The number of benzene rings is 1. The SMILES string of the molecule is COC(=O)c1cccc([C@H]2CC(=O)Nc3c2cnn3-c2ccccc2)n1. The number of methoxy groups -OCH3 is 1. The van der Waals surface area contributed by atoms with Gasteiger partial charge in [-0.1, -0.05) is 24.3 Å². The molecule has 3 heterocycles. The Bertz CT molecular complexity index is 981. The molecule has 1 N–H and O–H groups in total. The maximum absolute atomic E-state index is 12.3. The Morgan fingerprint density at radius 1 is 1.19 bits per heavy atom. The number of hydrogen-bond donors (Lipinski definition) is 1. The number of rotatable bonds is 3. The Hall–Kier alpha value is -3.48. The Morgan fingerprint density at radius 3 is 2.77 bits per heavy atom. The molecule has 130 valence electrons. The molecule has 1 atom stereocenters. The number of nitrogens with one attached hydrogen (secondary N) is 1. The van der Waals surface area contributed by atoms with E-state index in [2.05, 4.69) is 15.4 Å². The quantitative estimate of drug-likeness (QED) is 0.735. The molecular formula is C19H16N4O3. The first-order valence-corrected chi connectivity index (χ1v) is 8.16. The van der Waals surface area contributed by atoms with E-state index in [4.69, 9.17) is 4.74 Å². The van der Waals surface area contributed by atoms with E-state index in [9.17, 15) is 9.59 Å². The summed E-state index contributed by atoms with van der Waals surface area (Å²) in [6.45, 7) is 0. The third-order valence-corrected chi connectivity index (χ3v) is 4.34. The molecule has 26 heavy (non-hydrogen) atoms. The molecule has 7 nitrogen and oxygen atoms in total. The van der Waals surface area contributed by atoms with Gasteiger partial charge in [0.1, 0.15) is 11.5 Å². The van der Waals surface area contributed by atoms with Crippen molar-refractivity contribution in [1.82, 2.24) is 14.8 Å². The Balaban J connectivity index is 1.79. The molecule has 0 radical (unpaired) electrons. The fraction of sp³-hybridized carbons (Fsp3) is 0.158. The van der Waals surface area contributed by atoms with Crippen LogP contribution in [0.1, 0.15) is 34.1 Å². The third kappa shape index (κ3) is 2.73. The average molecular weight is 348 g/mol. The van der Waals surface area contributed by atoms with Crippen molar-refractivity contribution in [2.75, 3.05) is 12.4 Å². The van der Waals surface area contributed by atoms with Crippen molar-refractivity contribution in [3.63, 3.8) is 0 Å². The minimum atomic E-state index is -0.507. The third-order valence-electron chi connectivity index (χ3n) is 4.34. The van der Waals surface area contributed by atoms with Crippen LogP contribution in [0.3, 0.4) is 0 Å². The number of amides is 1. The van der Waals surface area contributed by atoms with Crippen LogP contribution in [-0.4, -0.2) is 33.8 Å². The number of ether oxygens (including phenoxy) is 1. The summed E-state index contributed by atoms with van der Waals surface area (Å²) >= 11 is 0. The van der Waals surface area contributed by atoms with Gasteiger partial charge in [0.2, 0.25) is 5.91 Å². The molecule has 7 heteroatoms. The Kier molecular flexibility index (Phi) is 3.96. The lowest BCUT2D eigenvalue weighted by Crippen LogP contribution is -2.25. The summed E-state index contributed by atoms with van der Waals surface area (Å²) in [6, 6.07) is 14.7. The number of hydrogen-bond acceptors (Lipinski definition) is 5. The van der Waals surface area contributed by atoms with Crippen molar-refractivity contribution in [2.24, 2.45) is 0 Å². The van der Waals surface area contributed by atoms with Crippen molar-refractivity contribution in [3.8, 4) is 5.69 Å². The molecule has 1 aromatic carbocycles. The van der Waals surface area contributed by atoms with Gasteiger partial charge in [0.05, 0.1) is 19.0 Å². The minimum absolute atomic E-state index is 0.120. The molecule has 0 bridgehead atoms. The summed E-state index contributed by atoms with van der Waals surface area (Å²) in [5.74, 6) is -0.277. The summed E-state index contributed by atoms with van der Waals surface area (Å²) in [7, 11) is 1.31. The first kappa shape index (κ1) is 16.0. The summed E-state index contributed by atoms with van der Waals surface area (Å²) in [4.78, 5) is 28.5. The molecule has 0 saturated carbocycles. The van der Waals surface area contributed by atoms with Gasteiger partial charge in [-0.15, -0.1) is 0 Å². The van der Waals surface area contributed by atoms with Gasteiger partial charge in [0.25, 0.3) is 0 Å². The minimum Gasteiger partial charge on any atom is -0.464 e. The fourth-order valence-electron chi connectivity index (χ4n) is 3.11. The topological polar surface area (TPSA) is 86.1 Å². The zero-order valence-electron chi connectivity index (χ0n) is 14.0. The standard InChI is InChI=1S/C19H16N4O3/c1-26-19(25)16-9-5-8-15(21-16)13-10-17(24)22-18-14(13)11-20-23(18)12-6-3-2-4-7-12/h2-9,11,13H,10H2,1H3,(H,22,24)/t13-/m0/s1. The van der Waals surface area contributed by atoms with Crippen molar-refractivity contribution in [2.45, 2.75) is 12.3 Å². The molecule has 0 aliphatic carbocycles. The number of para-hydroxylation sites is 1. The highest BCUT2D eigenvalue weighted by Crippen LogP contribution is 2.37. The summed E-state index contributed by atoms with van der Waals surface area (Å²) in [6.07, 6.45) is 1.98. The van der Waals surface area contributed by atoms with Crippen LogP contribution in [0.5, 0.6) is 0 Å². The first-order chi connectivity index (χ1) is 12.7. The van der Waals surface area contributed by atoms with E-state index in [0.717, 1.165) is 11.3 Å². The van der Waals surface area contributed by atoms with Crippen LogP contribution in [0.15, 0.2) is 54.7 Å². The van der Waals surface area contributed by atoms with E-state index >= 15 is 0 Å². The second kappa shape index (κ2) is 6.44. The van der Waals surface area contributed by atoms with E-state index in [-0.39, 0.29) is 23.9 Å². The molecular weight excluding hydrogens is 332 g/mol. The van der Waals surface area contributed by atoms with Crippen LogP contribution in [0.25, 0.3) is 5.69 Å². The van der Waals surface area contributed by atoms with Gasteiger partial charge in [-0.2, -0.15) is 5.10 Å². The smallest absolute Gasteiger partial charge is 0.356 e. The maximum atomic E-state index is 12.3. The van der Waals surface area contributed by atoms with Crippen molar-refractivity contribution in [3.05, 3.63) is 71.7 Å². The largest absolute Gasteiger partial charge is 0.464 e. The monoisotopic (exact) mass is 348 g/mol.